The van der Waals surface area contributed by atoms with E-state index in [4.69, 9.17) is 9.53 Å². The van der Waals surface area contributed by atoms with Crippen molar-refractivity contribution in [2.45, 2.75) is 52.4 Å². The first-order chi connectivity index (χ1) is 15.2. The number of rotatable bonds is 6. The standard InChI is InChI=1S/C21H28N4O3S.CH3NO/c1-5-28-17(26)13-21(3,4)16-12-15(8-9-22-16)18-14(2)23-19(29-18)24-20(27)25-10-6-7-11-25;2-1-3/h8-9,12H,5-7,10-11,13H2,1-4H3,(H,23,24,27);1H,(H2,2,3). The number of urea groups is 1. The second-order valence-electron chi connectivity index (χ2n) is 7.99. The maximum Gasteiger partial charge on any atom is 0.323 e. The number of hydrogen-bond acceptors (Lipinski definition) is 7. The molecule has 0 saturated carbocycles. The lowest BCUT2D eigenvalue weighted by atomic mass is 9.84. The fourth-order valence-corrected chi connectivity index (χ4v) is 4.37. The highest BCUT2D eigenvalue weighted by Gasteiger charge is 2.27. The van der Waals surface area contributed by atoms with Gasteiger partial charge in [-0.15, -0.1) is 0 Å². The predicted molar refractivity (Wildman–Crippen MR) is 124 cm³/mol. The summed E-state index contributed by atoms with van der Waals surface area (Å²) in [5, 5.41) is 3.51. The summed E-state index contributed by atoms with van der Waals surface area (Å²) in [5.74, 6) is -0.231. The van der Waals surface area contributed by atoms with Gasteiger partial charge in [-0.1, -0.05) is 25.2 Å². The largest absolute Gasteiger partial charge is 0.466 e. The predicted octanol–water partition coefficient (Wildman–Crippen LogP) is 3.47. The van der Waals surface area contributed by atoms with Gasteiger partial charge in [-0.25, -0.2) is 9.78 Å². The Morgan fingerprint density at radius 2 is 2.00 bits per heavy atom. The van der Waals surface area contributed by atoms with E-state index in [0.717, 1.165) is 47.8 Å². The first-order valence-electron chi connectivity index (χ1n) is 10.5. The summed E-state index contributed by atoms with van der Waals surface area (Å²) in [6, 6.07) is 3.83. The Kier molecular flexibility index (Phi) is 9.13. The Bertz CT molecular complexity index is 938. The summed E-state index contributed by atoms with van der Waals surface area (Å²) in [6.07, 6.45) is 4.36. The lowest BCUT2D eigenvalue weighted by molar-refractivity contribution is -0.144. The van der Waals surface area contributed by atoms with Gasteiger partial charge in [0.15, 0.2) is 5.13 Å². The number of nitrogens with zero attached hydrogens (tertiary/aromatic N) is 3. The monoisotopic (exact) mass is 461 g/mol. The Morgan fingerprint density at radius 3 is 2.62 bits per heavy atom. The number of amides is 3. The molecule has 0 spiro atoms. The zero-order valence-corrected chi connectivity index (χ0v) is 19.8. The average Bonchev–Trinajstić information content (AvgIpc) is 3.38. The molecule has 0 atom stereocenters. The van der Waals surface area contributed by atoms with Crippen LogP contribution in [0.2, 0.25) is 0 Å². The first kappa shape index (κ1) is 25.3. The number of ether oxygens (including phenoxy) is 1. The van der Waals surface area contributed by atoms with E-state index in [9.17, 15) is 9.59 Å². The Morgan fingerprint density at radius 1 is 1.34 bits per heavy atom. The van der Waals surface area contributed by atoms with Crippen molar-refractivity contribution in [3.8, 4) is 10.4 Å². The van der Waals surface area contributed by atoms with Gasteiger partial charge in [0.2, 0.25) is 6.41 Å². The molecule has 2 aromatic rings. The van der Waals surface area contributed by atoms with Gasteiger partial charge in [0, 0.05) is 30.4 Å². The summed E-state index contributed by atoms with van der Waals surface area (Å²) < 4.78 is 5.10. The van der Waals surface area contributed by atoms with Crippen molar-refractivity contribution in [3.05, 3.63) is 29.7 Å². The number of carbonyl (C=O) groups excluding carboxylic acids is 3. The van der Waals surface area contributed by atoms with E-state index in [2.05, 4.69) is 21.0 Å². The summed E-state index contributed by atoms with van der Waals surface area (Å²) >= 11 is 1.45. The third-order valence-electron chi connectivity index (χ3n) is 5.01. The number of thiazole rings is 1. The van der Waals surface area contributed by atoms with Gasteiger partial charge in [-0.05, 0) is 44.4 Å². The van der Waals surface area contributed by atoms with Gasteiger partial charge in [-0.2, -0.15) is 0 Å². The summed E-state index contributed by atoms with van der Waals surface area (Å²) in [5.41, 5.74) is 6.36. The summed E-state index contributed by atoms with van der Waals surface area (Å²) in [4.78, 5) is 44.7. The Labute approximate surface area is 192 Å². The minimum absolute atomic E-state index is 0.0891. The molecule has 1 saturated heterocycles. The average molecular weight is 462 g/mol. The van der Waals surface area contributed by atoms with Crippen molar-refractivity contribution in [1.82, 2.24) is 14.9 Å². The minimum atomic E-state index is -0.451. The van der Waals surface area contributed by atoms with Gasteiger partial charge in [0.1, 0.15) is 0 Å². The van der Waals surface area contributed by atoms with Crippen LogP contribution in [0.3, 0.4) is 0 Å². The van der Waals surface area contributed by atoms with Crippen molar-refractivity contribution in [2.24, 2.45) is 5.73 Å². The molecule has 0 aromatic carbocycles. The highest BCUT2D eigenvalue weighted by molar-refractivity contribution is 7.19. The van der Waals surface area contributed by atoms with E-state index in [-0.39, 0.29) is 24.8 Å². The summed E-state index contributed by atoms with van der Waals surface area (Å²) in [7, 11) is 0. The van der Waals surface area contributed by atoms with Crippen molar-refractivity contribution in [3.63, 3.8) is 0 Å². The molecule has 3 N–H and O–H groups in total. The molecule has 0 unspecified atom stereocenters. The fourth-order valence-electron chi connectivity index (χ4n) is 3.41. The molecule has 3 rings (SSSR count). The minimum Gasteiger partial charge on any atom is -0.466 e. The lowest BCUT2D eigenvalue weighted by Crippen LogP contribution is -2.32. The number of aryl methyl sites for hydroxylation is 1. The molecular formula is C22H31N5O4S. The zero-order chi connectivity index (χ0) is 23.7. The van der Waals surface area contributed by atoms with Gasteiger partial charge in [-0.3, -0.25) is 19.9 Å². The fraction of sp³-hybridized carbons (Fsp3) is 0.500. The molecule has 174 valence electrons. The molecule has 0 aliphatic carbocycles. The number of likely N-dealkylation sites (tertiary alicyclic amines) is 1. The van der Waals surface area contributed by atoms with E-state index in [0.29, 0.717) is 11.7 Å². The number of nitrogens with two attached hydrogens (primary N) is 1. The maximum atomic E-state index is 12.3. The molecular weight excluding hydrogens is 430 g/mol. The number of hydrogen-bond donors (Lipinski definition) is 2. The number of nitrogens with one attached hydrogen (secondary N) is 1. The van der Waals surface area contributed by atoms with Crippen molar-refractivity contribution in [2.75, 3.05) is 25.0 Å². The summed E-state index contributed by atoms with van der Waals surface area (Å²) in [6.45, 7) is 9.67. The molecule has 32 heavy (non-hydrogen) atoms. The van der Waals surface area contributed by atoms with Crippen LogP contribution < -0.4 is 11.1 Å². The number of esters is 1. The van der Waals surface area contributed by atoms with Crippen LogP contribution in [0.5, 0.6) is 0 Å². The molecule has 1 fully saturated rings. The van der Waals surface area contributed by atoms with Crippen molar-refractivity contribution in [1.29, 1.82) is 0 Å². The molecule has 0 bridgehead atoms. The van der Waals surface area contributed by atoms with Crippen LogP contribution >= 0.6 is 11.3 Å². The van der Waals surface area contributed by atoms with Gasteiger partial charge >= 0.3 is 12.0 Å². The molecule has 3 heterocycles. The van der Waals surface area contributed by atoms with Gasteiger partial charge in [0.25, 0.3) is 0 Å². The number of pyridine rings is 1. The van der Waals surface area contributed by atoms with Crippen molar-refractivity contribution < 1.29 is 19.1 Å². The van der Waals surface area contributed by atoms with E-state index in [1.165, 1.54) is 11.3 Å². The van der Waals surface area contributed by atoms with E-state index >= 15 is 0 Å². The van der Waals surface area contributed by atoms with Crippen LogP contribution in [-0.2, 0) is 19.7 Å². The lowest BCUT2D eigenvalue weighted by Gasteiger charge is -2.23. The number of primary amides is 1. The third-order valence-corrected chi connectivity index (χ3v) is 6.13. The maximum absolute atomic E-state index is 12.3. The molecule has 1 aliphatic rings. The van der Waals surface area contributed by atoms with Crippen LogP contribution in [0.4, 0.5) is 9.93 Å². The van der Waals surface area contributed by atoms with E-state index in [1.54, 1.807) is 13.1 Å². The Hall–Kier alpha value is -3.01. The van der Waals surface area contributed by atoms with Crippen molar-refractivity contribution >= 4 is 34.9 Å². The number of anilines is 1. The first-order valence-corrected chi connectivity index (χ1v) is 11.3. The van der Waals surface area contributed by atoms with Crippen LogP contribution in [0.25, 0.3) is 10.4 Å². The molecule has 0 radical (unpaired) electrons. The number of aromatic nitrogens is 2. The topological polar surface area (TPSA) is 128 Å². The zero-order valence-electron chi connectivity index (χ0n) is 19.0. The smallest absolute Gasteiger partial charge is 0.323 e. The second-order valence-corrected chi connectivity index (χ2v) is 8.99. The van der Waals surface area contributed by atoms with Crippen LogP contribution in [0.1, 0.15) is 51.4 Å². The van der Waals surface area contributed by atoms with Crippen LogP contribution in [0, 0.1) is 6.92 Å². The normalized spacial score (nSPS) is 13.2. The quantitative estimate of drug-likeness (QED) is 0.501. The highest BCUT2D eigenvalue weighted by atomic mass is 32.1. The molecule has 3 amide bonds. The molecule has 2 aromatic heterocycles. The molecule has 1 aliphatic heterocycles. The van der Waals surface area contributed by atoms with Gasteiger partial charge in [0.05, 0.1) is 23.6 Å². The second kappa shape index (κ2) is 11.6. The third kappa shape index (κ3) is 6.74. The highest BCUT2D eigenvalue weighted by Crippen LogP contribution is 2.35. The Balaban J connectivity index is 0.00000114. The molecule has 10 heteroatoms. The SMILES string of the molecule is CCOC(=O)CC(C)(C)c1cc(-c2sc(NC(=O)N3CCCC3)nc2C)ccn1.NC=O. The number of carbonyl (C=O) groups is 3. The van der Waals surface area contributed by atoms with E-state index in [1.807, 2.05) is 37.8 Å². The van der Waals surface area contributed by atoms with Gasteiger partial charge < -0.3 is 15.4 Å². The van der Waals surface area contributed by atoms with Crippen LogP contribution in [-0.4, -0.2) is 53.0 Å². The van der Waals surface area contributed by atoms with Crippen LogP contribution in [0.15, 0.2) is 18.3 Å². The van der Waals surface area contributed by atoms with E-state index < -0.39 is 5.41 Å². The molecule has 9 nitrogen and oxygen atoms in total.